The normalized spacial score (nSPS) is 10.7. The van der Waals surface area contributed by atoms with Gasteiger partial charge in [-0.3, -0.25) is 4.79 Å². The number of hydrogen-bond acceptors (Lipinski definition) is 5. The molecule has 3 aromatic rings. The van der Waals surface area contributed by atoms with Gasteiger partial charge < -0.3 is 14.4 Å². The molecule has 0 bridgehead atoms. The van der Waals surface area contributed by atoms with E-state index in [1.165, 1.54) is 5.56 Å². The number of likely N-dealkylation sites (N-methyl/N-ethyl adjacent to an activating group) is 1. The van der Waals surface area contributed by atoms with Gasteiger partial charge in [0, 0.05) is 24.0 Å². The minimum absolute atomic E-state index is 0.0606. The van der Waals surface area contributed by atoms with Gasteiger partial charge in [0.15, 0.2) is 11.5 Å². The zero-order valence-electron chi connectivity index (χ0n) is 18.0. The van der Waals surface area contributed by atoms with Crippen LogP contribution in [0.25, 0.3) is 10.6 Å². The Labute approximate surface area is 182 Å². The first-order chi connectivity index (χ1) is 14.6. The van der Waals surface area contributed by atoms with E-state index in [9.17, 15) is 4.79 Å². The van der Waals surface area contributed by atoms with E-state index in [2.05, 4.69) is 36.2 Å². The Morgan fingerprint density at radius 3 is 2.33 bits per heavy atom. The zero-order valence-corrected chi connectivity index (χ0v) is 18.8. The number of amides is 1. The van der Waals surface area contributed by atoms with Gasteiger partial charge in [0.25, 0.3) is 0 Å². The Morgan fingerprint density at radius 2 is 1.70 bits per heavy atom. The maximum absolute atomic E-state index is 12.9. The summed E-state index contributed by atoms with van der Waals surface area (Å²) in [5.41, 5.74) is 4.20. The first kappa shape index (κ1) is 21.8. The van der Waals surface area contributed by atoms with Crippen LogP contribution in [-0.4, -0.2) is 36.6 Å². The Balaban J connectivity index is 1.67. The van der Waals surface area contributed by atoms with E-state index < -0.39 is 0 Å². The molecule has 0 N–H and O–H groups in total. The molecule has 0 saturated heterocycles. The molecule has 1 heterocycles. The van der Waals surface area contributed by atoms with Crippen LogP contribution in [0, 0.1) is 0 Å². The van der Waals surface area contributed by atoms with Gasteiger partial charge in [0.2, 0.25) is 5.91 Å². The number of rotatable bonds is 9. The summed E-state index contributed by atoms with van der Waals surface area (Å²) in [5.74, 6) is 1.40. The number of hydrogen-bond donors (Lipinski definition) is 0. The molecule has 158 valence electrons. The molecule has 0 radical (unpaired) electrons. The molecule has 5 nitrogen and oxygen atoms in total. The molecule has 1 aromatic heterocycles. The van der Waals surface area contributed by atoms with Gasteiger partial charge in [0.1, 0.15) is 5.01 Å². The highest BCUT2D eigenvalue weighted by molar-refractivity contribution is 7.13. The molecule has 0 unspecified atom stereocenters. The minimum Gasteiger partial charge on any atom is -0.493 e. The van der Waals surface area contributed by atoms with Gasteiger partial charge in [-0.2, -0.15) is 0 Å². The number of nitrogens with zero attached hydrogens (tertiary/aromatic N) is 2. The maximum Gasteiger partial charge on any atom is 0.228 e. The summed E-state index contributed by atoms with van der Waals surface area (Å²) >= 11 is 1.58. The predicted octanol–water partition coefficient (Wildman–Crippen LogP) is 4.98. The van der Waals surface area contributed by atoms with Crippen molar-refractivity contribution in [2.45, 2.75) is 33.2 Å². The van der Waals surface area contributed by atoms with Crippen molar-refractivity contribution in [3.05, 3.63) is 64.7 Å². The third kappa shape index (κ3) is 5.19. The van der Waals surface area contributed by atoms with Gasteiger partial charge in [0.05, 0.1) is 26.3 Å². The van der Waals surface area contributed by atoms with Crippen molar-refractivity contribution in [3.63, 3.8) is 0 Å². The molecule has 0 aliphatic heterocycles. The number of carbonyl (C=O) groups is 1. The Hall–Kier alpha value is -2.86. The van der Waals surface area contributed by atoms with Crippen molar-refractivity contribution in [2.75, 3.05) is 20.8 Å². The van der Waals surface area contributed by atoms with Crippen molar-refractivity contribution in [2.24, 2.45) is 0 Å². The summed E-state index contributed by atoms with van der Waals surface area (Å²) in [6.07, 6.45) is 1.31. The molecular formula is C24H28N2O3S. The second-order valence-electron chi connectivity index (χ2n) is 6.97. The van der Waals surface area contributed by atoms with E-state index in [1.54, 1.807) is 25.6 Å². The summed E-state index contributed by atoms with van der Waals surface area (Å²) in [6, 6.07) is 14.2. The van der Waals surface area contributed by atoms with Gasteiger partial charge in [-0.05, 0) is 36.6 Å². The topological polar surface area (TPSA) is 51.7 Å². The number of aromatic nitrogens is 1. The lowest BCUT2D eigenvalue weighted by Gasteiger charge is -2.21. The van der Waals surface area contributed by atoms with Crippen molar-refractivity contribution >= 4 is 17.2 Å². The van der Waals surface area contributed by atoms with Gasteiger partial charge in [-0.25, -0.2) is 4.98 Å². The molecule has 6 heteroatoms. The average molecular weight is 425 g/mol. The van der Waals surface area contributed by atoms with E-state index in [1.807, 2.05) is 35.4 Å². The molecule has 0 spiro atoms. The fourth-order valence-electron chi connectivity index (χ4n) is 3.25. The summed E-state index contributed by atoms with van der Waals surface area (Å²) in [6.45, 7) is 5.28. The number of methoxy groups -OCH3 is 2. The molecule has 3 rings (SSSR count). The van der Waals surface area contributed by atoms with E-state index in [0.29, 0.717) is 31.0 Å². The van der Waals surface area contributed by atoms with Crippen LogP contribution < -0.4 is 9.47 Å². The third-order valence-corrected chi connectivity index (χ3v) is 5.99. The summed E-state index contributed by atoms with van der Waals surface area (Å²) in [4.78, 5) is 19.4. The van der Waals surface area contributed by atoms with E-state index in [4.69, 9.17) is 9.47 Å². The molecule has 0 atom stereocenters. The average Bonchev–Trinajstić information content (AvgIpc) is 3.25. The standard InChI is InChI=1S/C24H28N2O3S/c1-5-17-7-10-19(11-8-17)24-25-20(16-30-24)14-23(27)26(6-2)15-18-9-12-21(28-3)22(13-18)29-4/h7-13,16H,5-6,14-15H2,1-4H3. The lowest BCUT2D eigenvalue weighted by molar-refractivity contribution is -0.130. The monoisotopic (exact) mass is 424 g/mol. The first-order valence-electron chi connectivity index (χ1n) is 10.1. The highest BCUT2D eigenvalue weighted by Gasteiger charge is 2.16. The predicted molar refractivity (Wildman–Crippen MR) is 121 cm³/mol. The van der Waals surface area contributed by atoms with Crippen LogP contribution in [-0.2, 0) is 24.2 Å². The van der Waals surface area contributed by atoms with E-state index in [0.717, 1.165) is 28.2 Å². The van der Waals surface area contributed by atoms with E-state index in [-0.39, 0.29) is 5.91 Å². The zero-order chi connectivity index (χ0) is 21.5. The van der Waals surface area contributed by atoms with E-state index >= 15 is 0 Å². The van der Waals surface area contributed by atoms with Crippen LogP contribution in [0.3, 0.4) is 0 Å². The quantitative estimate of drug-likeness (QED) is 0.486. The minimum atomic E-state index is 0.0606. The number of ether oxygens (including phenoxy) is 2. The first-order valence-corrected chi connectivity index (χ1v) is 11.0. The third-order valence-electron chi connectivity index (χ3n) is 5.05. The van der Waals surface area contributed by atoms with Crippen LogP contribution in [0.5, 0.6) is 11.5 Å². The van der Waals surface area contributed by atoms with Crippen molar-refractivity contribution in [3.8, 4) is 22.1 Å². The van der Waals surface area contributed by atoms with Crippen LogP contribution in [0.4, 0.5) is 0 Å². The van der Waals surface area contributed by atoms with Gasteiger partial charge in [-0.15, -0.1) is 11.3 Å². The van der Waals surface area contributed by atoms with Crippen LogP contribution >= 0.6 is 11.3 Å². The lowest BCUT2D eigenvalue weighted by Crippen LogP contribution is -2.31. The largest absolute Gasteiger partial charge is 0.493 e. The molecule has 0 saturated carbocycles. The molecule has 0 aliphatic carbocycles. The molecule has 2 aromatic carbocycles. The lowest BCUT2D eigenvalue weighted by atomic mass is 10.1. The summed E-state index contributed by atoms with van der Waals surface area (Å²) < 4.78 is 10.7. The fraction of sp³-hybridized carbons (Fsp3) is 0.333. The van der Waals surface area contributed by atoms with Crippen molar-refractivity contribution in [1.82, 2.24) is 9.88 Å². The second-order valence-corrected chi connectivity index (χ2v) is 7.83. The number of aryl methyl sites for hydroxylation is 1. The number of benzene rings is 2. The Kier molecular flexibility index (Phi) is 7.46. The molecule has 0 fully saturated rings. The summed E-state index contributed by atoms with van der Waals surface area (Å²) in [5, 5.41) is 2.92. The van der Waals surface area contributed by atoms with Crippen LogP contribution in [0.15, 0.2) is 47.8 Å². The fourth-order valence-corrected chi connectivity index (χ4v) is 4.07. The van der Waals surface area contributed by atoms with Gasteiger partial charge >= 0.3 is 0 Å². The molecule has 0 aliphatic rings. The Bertz CT molecular complexity index is 982. The number of carbonyl (C=O) groups excluding carboxylic acids is 1. The smallest absolute Gasteiger partial charge is 0.228 e. The van der Waals surface area contributed by atoms with Crippen LogP contribution in [0.1, 0.15) is 30.7 Å². The Morgan fingerprint density at radius 1 is 1.00 bits per heavy atom. The summed E-state index contributed by atoms with van der Waals surface area (Å²) in [7, 11) is 3.22. The van der Waals surface area contributed by atoms with Crippen molar-refractivity contribution in [1.29, 1.82) is 0 Å². The SMILES string of the molecule is CCc1ccc(-c2nc(CC(=O)N(CC)Cc3ccc(OC)c(OC)c3)cs2)cc1. The second kappa shape index (κ2) is 10.3. The molecular weight excluding hydrogens is 396 g/mol. The van der Waals surface area contributed by atoms with Gasteiger partial charge in [-0.1, -0.05) is 37.3 Å². The number of thiazole rings is 1. The van der Waals surface area contributed by atoms with Crippen molar-refractivity contribution < 1.29 is 14.3 Å². The maximum atomic E-state index is 12.9. The molecule has 30 heavy (non-hydrogen) atoms. The molecule has 1 amide bonds. The van der Waals surface area contributed by atoms with Crippen LogP contribution in [0.2, 0.25) is 0 Å². The highest BCUT2D eigenvalue weighted by Crippen LogP contribution is 2.28. The highest BCUT2D eigenvalue weighted by atomic mass is 32.1.